The van der Waals surface area contributed by atoms with Gasteiger partial charge in [-0.15, -0.1) is 0 Å². The molecule has 2 rings (SSSR count). The number of aromatic nitrogens is 1. The second-order valence-electron chi connectivity index (χ2n) is 5.04. The average molecular weight is 233 g/mol. The lowest BCUT2D eigenvalue weighted by molar-refractivity contribution is 0.145. The van der Waals surface area contributed by atoms with Crippen molar-refractivity contribution in [3.63, 3.8) is 0 Å². The minimum atomic E-state index is 0.613. The van der Waals surface area contributed by atoms with E-state index in [1.54, 1.807) is 0 Å². The number of piperidine rings is 1. The molecule has 1 aliphatic rings. The van der Waals surface area contributed by atoms with Crippen LogP contribution in [0.15, 0.2) is 24.4 Å². The van der Waals surface area contributed by atoms with Crippen LogP contribution in [-0.2, 0) is 6.54 Å². The molecule has 3 nitrogen and oxygen atoms in total. The van der Waals surface area contributed by atoms with Crippen LogP contribution < -0.4 is 5.32 Å². The maximum absolute atomic E-state index is 4.41. The van der Waals surface area contributed by atoms with E-state index in [0.717, 1.165) is 12.5 Å². The highest BCUT2D eigenvalue weighted by Gasteiger charge is 2.23. The predicted octanol–water partition coefficient (Wildman–Crippen LogP) is 1.90. The lowest BCUT2D eigenvalue weighted by Gasteiger charge is -2.35. The molecule has 1 fully saturated rings. The predicted molar refractivity (Wildman–Crippen MR) is 70.8 cm³/mol. The number of rotatable bonds is 4. The summed E-state index contributed by atoms with van der Waals surface area (Å²) in [5.74, 6) is 0.775. The van der Waals surface area contributed by atoms with Crippen molar-refractivity contribution in [3.8, 4) is 0 Å². The van der Waals surface area contributed by atoms with Crippen LogP contribution in [0.1, 0.15) is 25.5 Å². The second-order valence-corrected chi connectivity index (χ2v) is 5.04. The zero-order valence-electron chi connectivity index (χ0n) is 10.9. The summed E-state index contributed by atoms with van der Waals surface area (Å²) in [4.78, 5) is 6.94. The number of pyridine rings is 1. The van der Waals surface area contributed by atoms with Crippen molar-refractivity contribution in [3.05, 3.63) is 30.1 Å². The Morgan fingerprint density at radius 3 is 3.12 bits per heavy atom. The molecule has 0 bridgehead atoms. The van der Waals surface area contributed by atoms with Gasteiger partial charge in [-0.3, -0.25) is 9.88 Å². The van der Waals surface area contributed by atoms with E-state index in [9.17, 15) is 0 Å². The molecule has 2 unspecified atom stereocenters. The van der Waals surface area contributed by atoms with Crippen molar-refractivity contribution in [1.29, 1.82) is 0 Å². The van der Waals surface area contributed by atoms with Crippen molar-refractivity contribution < 1.29 is 0 Å². The number of hydrogen-bond donors (Lipinski definition) is 1. The van der Waals surface area contributed by atoms with Gasteiger partial charge in [-0.2, -0.15) is 0 Å². The van der Waals surface area contributed by atoms with E-state index in [0.29, 0.717) is 6.04 Å². The topological polar surface area (TPSA) is 28.2 Å². The zero-order chi connectivity index (χ0) is 12.1. The first-order valence-corrected chi connectivity index (χ1v) is 6.59. The molecular formula is C14H23N3. The van der Waals surface area contributed by atoms with Crippen LogP contribution in [0, 0.1) is 5.92 Å². The first-order chi connectivity index (χ1) is 8.29. The maximum Gasteiger partial charge on any atom is 0.0543 e. The van der Waals surface area contributed by atoms with Gasteiger partial charge >= 0.3 is 0 Å². The fourth-order valence-electron chi connectivity index (χ4n) is 2.60. The summed E-state index contributed by atoms with van der Waals surface area (Å²) in [5, 5.41) is 3.38. The summed E-state index contributed by atoms with van der Waals surface area (Å²) >= 11 is 0. The Labute approximate surface area is 104 Å². The molecule has 94 valence electrons. The standard InChI is InChI=1S/C14H23N3/c1-12(15-2)13-6-5-9-17(10-13)11-14-7-3-4-8-16-14/h3-4,7-8,12-13,15H,5-6,9-11H2,1-2H3. The molecule has 1 N–H and O–H groups in total. The number of likely N-dealkylation sites (tertiary alicyclic amines) is 1. The molecule has 17 heavy (non-hydrogen) atoms. The normalized spacial score (nSPS) is 23.5. The van der Waals surface area contributed by atoms with Gasteiger partial charge in [0.05, 0.1) is 5.69 Å². The Hall–Kier alpha value is -0.930. The Balaban J connectivity index is 1.89. The van der Waals surface area contributed by atoms with Crippen LogP contribution in [0.5, 0.6) is 0 Å². The molecule has 2 atom stereocenters. The zero-order valence-corrected chi connectivity index (χ0v) is 10.9. The summed E-state index contributed by atoms with van der Waals surface area (Å²) in [6.45, 7) is 5.69. The van der Waals surface area contributed by atoms with Crippen molar-refractivity contribution in [1.82, 2.24) is 15.2 Å². The van der Waals surface area contributed by atoms with Gasteiger partial charge in [-0.1, -0.05) is 6.07 Å². The minimum absolute atomic E-state index is 0.613. The van der Waals surface area contributed by atoms with Crippen molar-refractivity contribution in [2.75, 3.05) is 20.1 Å². The lowest BCUT2D eigenvalue weighted by Crippen LogP contribution is -2.43. The third-order valence-corrected chi connectivity index (χ3v) is 3.82. The van der Waals surface area contributed by atoms with Crippen LogP contribution >= 0.6 is 0 Å². The maximum atomic E-state index is 4.41. The molecular weight excluding hydrogens is 210 g/mol. The summed E-state index contributed by atoms with van der Waals surface area (Å²) in [5.41, 5.74) is 1.19. The molecule has 1 aliphatic heterocycles. The van der Waals surface area contributed by atoms with Gasteiger partial charge in [0.2, 0.25) is 0 Å². The second kappa shape index (κ2) is 6.12. The summed E-state index contributed by atoms with van der Waals surface area (Å²) < 4.78 is 0. The van der Waals surface area contributed by atoms with Gasteiger partial charge in [0.25, 0.3) is 0 Å². The lowest BCUT2D eigenvalue weighted by atomic mass is 9.91. The van der Waals surface area contributed by atoms with Crippen molar-refractivity contribution in [2.24, 2.45) is 5.92 Å². The molecule has 1 saturated heterocycles. The molecule has 0 saturated carbocycles. The Bertz CT molecular complexity index is 325. The SMILES string of the molecule is CNC(C)C1CCCN(Cc2ccccn2)C1. The number of nitrogens with one attached hydrogen (secondary N) is 1. The third-order valence-electron chi connectivity index (χ3n) is 3.82. The van der Waals surface area contributed by atoms with Gasteiger partial charge in [-0.25, -0.2) is 0 Å². The molecule has 0 spiro atoms. The van der Waals surface area contributed by atoms with Gasteiger partial charge in [-0.05, 0) is 51.4 Å². The van der Waals surface area contributed by atoms with E-state index in [4.69, 9.17) is 0 Å². The van der Waals surface area contributed by atoms with Crippen LogP contribution in [0.2, 0.25) is 0 Å². The van der Waals surface area contributed by atoms with E-state index >= 15 is 0 Å². The molecule has 0 aromatic carbocycles. The largest absolute Gasteiger partial charge is 0.317 e. The number of nitrogens with zero attached hydrogens (tertiary/aromatic N) is 2. The van der Waals surface area contributed by atoms with Crippen LogP contribution in [0.3, 0.4) is 0 Å². The number of hydrogen-bond acceptors (Lipinski definition) is 3. The van der Waals surface area contributed by atoms with Crippen LogP contribution in [0.4, 0.5) is 0 Å². The third kappa shape index (κ3) is 3.51. The minimum Gasteiger partial charge on any atom is -0.317 e. The molecule has 0 aliphatic carbocycles. The van der Waals surface area contributed by atoms with E-state index in [1.165, 1.54) is 31.6 Å². The summed E-state index contributed by atoms with van der Waals surface area (Å²) in [6, 6.07) is 6.78. The molecule has 0 amide bonds. The Morgan fingerprint density at radius 2 is 2.41 bits per heavy atom. The van der Waals surface area contributed by atoms with Gasteiger partial charge < -0.3 is 5.32 Å². The van der Waals surface area contributed by atoms with Gasteiger partial charge in [0.15, 0.2) is 0 Å². The van der Waals surface area contributed by atoms with E-state index in [2.05, 4.69) is 41.3 Å². The Kier molecular flexibility index (Phi) is 4.51. The first-order valence-electron chi connectivity index (χ1n) is 6.59. The van der Waals surface area contributed by atoms with E-state index in [-0.39, 0.29) is 0 Å². The molecule has 3 heteroatoms. The van der Waals surface area contributed by atoms with Crippen LogP contribution in [-0.4, -0.2) is 36.1 Å². The average Bonchev–Trinajstić information content (AvgIpc) is 2.39. The van der Waals surface area contributed by atoms with E-state index < -0.39 is 0 Å². The molecule has 1 aromatic rings. The highest BCUT2D eigenvalue weighted by Crippen LogP contribution is 2.20. The fraction of sp³-hybridized carbons (Fsp3) is 0.643. The van der Waals surface area contributed by atoms with Gasteiger partial charge in [0, 0.05) is 25.3 Å². The van der Waals surface area contributed by atoms with Crippen molar-refractivity contribution in [2.45, 2.75) is 32.4 Å². The fourth-order valence-corrected chi connectivity index (χ4v) is 2.60. The Morgan fingerprint density at radius 1 is 1.53 bits per heavy atom. The van der Waals surface area contributed by atoms with Gasteiger partial charge in [0.1, 0.15) is 0 Å². The first kappa shape index (κ1) is 12.5. The quantitative estimate of drug-likeness (QED) is 0.861. The summed E-state index contributed by atoms with van der Waals surface area (Å²) in [6.07, 6.45) is 4.54. The smallest absolute Gasteiger partial charge is 0.0543 e. The molecule has 1 aromatic heterocycles. The highest BCUT2D eigenvalue weighted by atomic mass is 15.1. The summed E-state index contributed by atoms with van der Waals surface area (Å²) in [7, 11) is 2.06. The monoisotopic (exact) mass is 233 g/mol. The molecule has 0 radical (unpaired) electrons. The van der Waals surface area contributed by atoms with Crippen LogP contribution in [0.25, 0.3) is 0 Å². The molecule has 2 heterocycles. The van der Waals surface area contributed by atoms with Crippen molar-refractivity contribution >= 4 is 0 Å². The van der Waals surface area contributed by atoms with E-state index in [1.807, 2.05) is 12.3 Å². The highest BCUT2D eigenvalue weighted by molar-refractivity contribution is 5.03.